The Balaban J connectivity index is 1.94. The highest BCUT2D eigenvalue weighted by atomic mass is 16.3. The Morgan fingerprint density at radius 1 is 1.38 bits per heavy atom. The number of amides is 1. The van der Waals surface area contributed by atoms with Crippen molar-refractivity contribution in [3.63, 3.8) is 0 Å². The third-order valence-corrected chi connectivity index (χ3v) is 3.79. The number of H-pyrrole nitrogens is 1. The fourth-order valence-electron chi connectivity index (χ4n) is 2.48. The van der Waals surface area contributed by atoms with Crippen LogP contribution in [0.25, 0.3) is 0 Å². The fraction of sp³-hybridized carbons (Fsp3) is 0.733. The number of rotatable bonds is 3. The minimum absolute atomic E-state index is 0.0153. The van der Waals surface area contributed by atoms with Crippen LogP contribution in [0.5, 0.6) is 0 Å². The molecule has 1 fully saturated rings. The largest absolute Gasteiger partial charge is 0.392 e. The standard InChI is InChI=1S/C15H26N4O2/c1-11(20)10-18-5-7-19(8-6-18)14(21)12-9-13(17-16-12)15(2,3)4/h9,11,20H,5-8,10H2,1-4H3,(H,16,17). The first-order chi connectivity index (χ1) is 9.77. The van der Waals surface area contributed by atoms with Gasteiger partial charge in [0.2, 0.25) is 0 Å². The Labute approximate surface area is 126 Å². The van der Waals surface area contributed by atoms with Gasteiger partial charge in [-0.05, 0) is 13.0 Å². The Morgan fingerprint density at radius 2 is 2.00 bits per heavy atom. The number of carbonyl (C=O) groups excluding carboxylic acids is 1. The minimum Gasteiger partial charge on any atom is -0.392 e. The zero-order valence-electron chi connectivity index (χ0n) is 13.4. The zero-order valence-corrected chi connectivity index (χ0v) is 13.4. The highest BCUT2D eigenvalue weighted by Gasteiger charge is 2.25. The average Bonchev–Trinajstić information content (AvgIpc) is 2.87. The van der Waals surface area contributed by atoms with Crippen LogP contribution < -0.4 is 0 Å². The quantitative estimate of drug-likeness (QED) is 0.867. The van der Waals surface area contributed by atoms with Crippen LogP contribution in [0, 0.1) is 0 Å². The second-order valence-electron chi connectivity index (χ2n) is 6.86. The van der Waals surface area contributed by atoms with Gasteiger partial charge in [0.05, 0.1) is 6.10 Å². The zero-order chi connectivity index (χ0) is 15.6. The maximum atomic E-state index is 12.4. The van der Waals surface area contributed by atoms with Crippen LogP contribution in [-0.2, 0) is 5.41 Å². The smallest absolute Gasteiger partial charge is 0.274 e. The van der Waals surface area contributed by atoms with Crippen molar-refractivity contribution in [1.29, 1.82) is 0 Å². The Bertz CT molecular complexity index is 482. The molecule has 0 spiro atoms. The summed E-state index contributed by atoms with van der Waals surface area (Å²) in [6.45, 7) is 11.7. The second kappa shape index (κ2) is 6.15. The Kier molecular flexibility index (Phi) is 4.68. The topological polar surface area (TPSA) is 72.5 Å². The molecule has 1 aliphatic rings. The maximum absolute atomic E-state index is 12.4. The summed E-state index contributed by atoms with van der Waals surface area (Å²) in [5, 5.41) is 16.5. The van der Waals surface area contributed by atoms with Gasteiger partial charge in [0.15, 0.2) is 0 Å². The van der Waals surface area contributed by atoms with Gasteiger partial charge in [-0.15, -0.1) is 0 Å². The third kappa shape index (κ3) is 4.04. The number of carbonyl (C=O) groups is 1. The van der Waals surface area contributed by atoms with E-state index in [1.165, 1.54) is 0 Å². The number of aromatic amines is 1. The van der Waals surface area contributed by atoms with Gasteiger partial charge in [-0.25, -0.2) is 0 Å². The number of β-amino-alcohol motifs (C(OH)–C–C–N with tert-alkyl or cyclic N) is 1. The number of aliphatic hydroxyl groups is 1. The molecule has 1 amide bonds. The highest BCUT2D eigenvalue weighted by Crippen LogP contribution is 2.21. The predicted molar refractivity (Wildman–Crippen MR) is 81.3 cm³/mol. The van der Waals surface area contributed by atoms with Gasteiger partial charge in [0.25, 0.3) is 5.91 Å². The van der Waals surface area contributed by atoms with Crippen molar-refractivity contribution in [2.75, 3.05) is 32.7 Å². The van der Waals surface area contributed by atoms with E-state index in [2.05, 4.69) is 35.9 Å². The lowest BCUT2D eigenvalue weighted by atomic mass is 9.92. The van der Waals surface area contributed by atoms with Crippen molar-refractivity contribution in [1.82, 2.24) is 20.0 Å². The molecule has 1 aromatic rings. The molecule has 6 heteroatoms. The summed E-state index contributed by atoms with van der Waals surface area (Å²) in [5.74, 6) is -0.0153. The molecule has 21 heavy (non-hydrogen) atoms. The van der Waals surface area contributed by atoms with E-state index in [0.717, 1.165) is 18.8 Å². The summed E-state index contributed by atoms with van der Waals surface area (Å²) in [4.78, 5) is 16.5. The summed E-state index contributed by atoms with van der Waals surface area (Å²) >= 11 is 0. The van der Waals surface area contributed by atoms with E-state index in [1.807, 2.05) is 11.0 Å². The molecule has 0 saturated carbocycles. The van der Waals surface area contributed by atoms with E-state index >= 15 is 0 Å². The lowest BCUT2D eigenvalue weighted by Crippen LogP contribution is -2.50. The maximum Gasteiger partial charge on any atom is 0.274 e. The van der Waals surface area contributed by atoms with Gasteiger partial charge in [-0.2, -0.15) is 5.10 Å². The second-order valence-corrected chi connectivity index (χ2v) is 6.86. The number of aromatic nitrogens is 2. The van der Waals surface area contributed by atoms with Crippen LogP contribution in [0.15, 0.2) is 6.07 Å². The molecular weight excluding hydrogens is 268 g/mol. The van der Waals surface area contributed by atoms with Gasteiger partial charge < -0.3 is 10.0 Å². The number of nitrogens with one attached hydrogen (secondary N) is 1. The molecule has 1 aliphatic heterocycles. The fourth-order valence-corrected chi connectivity index (χ4v) is 2.48. The lowest BCUT2D eigenvalue weighted by Gasteiger charge is -2.34. The molecule has 6 nitrogen and oxygen atoms in total. The van der Waals surface area contributed by atoms with Crippen LogP contribution in [0.1, 0.15) is 43.9 Å². The molecule has 2 N–H and O–H groups in total. The van der Waals surface area contributed by atoms with Crippen LogP contribution in [-0.4, -0.2) is 69.8 Å². The Morgan fingerprint density at radius 3 is 2.48 bits per heavy atom. The summed E-state index contributed by atoms with van der Waals surface area (Å²) in [7, 11) is 0. The third-order valence-electron chi connectivity index (χ3n) is 3.79. The van der Waals surface area contributed by atoms with Crippen molar-refractivity contribution in [2.45, 2.75) is 39.2 Å². The van der Waals surface area contributed by atoms with Crippen LogP contribution in [0.4, 0.5) is 0 Å². The van der Waals surface area contributed by atoms with Gasteiger partial charge in [0, 0.05) is 43.8 Å². The molecule has 0 aliphatic carbocycles. The molecule has 1 saturated heterocycles. The first-order valence-electron chi connectivity index (χ1n) is 7.53. The van der Waals surface area contributed by atoms with Crippen LogP contribution in [0.2, 0.25) is 0 Å². The van der Waals surface area contributed by atoms with E-state index in [1.54, 1.807) is 6.92 Å². The van der Waals surface area contributed by atoms with Crippen LogP contribution >= 0.6 is 0 Å². The molecule has 0 bridgehead atoms. The van der Waals surface area contributed by atoms with E-state index in [4.69, 9.17) is 0 Å². The van der Waals surface area contributed by atoms with E-state index in [9.17, 15) is 9.90 Å². The first kappa shape index (κ1) is 16.0. The van der Waals surface area contributed by atoms with Gasteiger partial charge in [-0.1, -0.05) is 20.8 Å². The van der Waals surface area contributed by atoms with Crippen molar-refractivity contribution in [2.24, 2.45) is 0 Å². The number of hydrogen-bond donors (Lipinski definition) is 2. The summed E-state index contributed by atoms with van der Waals surface area (Å²) < 4.78 is 0. The van der Waals surface area contributed by atoms with E-state index in [0.29, 0.717) is 25.3 Å². The predicted octanol–water partition coefficient (Wildman–Crippen LogP) is 0.846. The first-order valence-corrected chi connectivity index (χ1v) is 7.53. The molecule has 1 aromatic heterocycles. The molecule has 118 valence electrons. The summed E-state index contributed by atoms with van der Waals surface area (Å²) in [6, 6.07) is 1.85. The summed E-state index contributed by atoms with van der Waals surface area (Å²) in [5.41, 5.74) is 1.42. The van der Waals surface area contributed by atoms with Crippen molar-refractivity contribution in [3.05, 3.63) is 17.5 Å². The molecule has 2 rings (SSSR count). The molecule has 1 unspecified atom stereocenters. The SMILES string of the molecule is CC(O)CN1CCN(C(=O)c2cc(C(C)(C)C)[nH]n2)CC1. The van der Waals surface area contributed by atoms with E-state index in [-0.39, 0.29) is 17.4 Å². The molecule has 0 radical (unpaired) electrons. The molecule has 2 heterocycles. The summed E-state index contributed by atoms with van der Waals surface area (Å²) in [6.07, 6.45) is -0.326. The van der Waals surface area contributed by atoms with Crippen molar-refractivity contribution in [3.8, 4) is 0 Å². The van der Waals surface area contributed by atoms with Gasteiger partial charge in [0.1, 0.15) is 5.69 Å². The molecule has 1 atom stereocenters. The average molecular weight is 294 g/mol. The monoisotopic (exact) mass is 294 g/mol. The minimum atomic E-state index is -0.326. The lowest BCUT2D eigenvalue weighted by molar-refractivity contribution is 0.0549. The van der Waals surface area contributed by atoms with Gasteiger partial charge >= 0.3 is 0 Å². The number of piperazine rings is 1. The van der Waals surface area contributed by atoms with E-state index < -0.39 is 0 Å². The molecule has 0 aromatic carbocycles. The number of nitrogens with zero attached hydrogens (tertiary/aromatic N) is 3. The molecular formula is C15H26N4O2. The van der Waals surface area contributed by atoms with Crippen LogP contribution in [0.3, 0.4) is 0 Å². The number of aliphatic hydroxyl groups excluding tert-OH is 1. The normalized spacial score (nSPS) is 18.8. The highest BCUT2D eigenvalue weighted by molar-refractivity contribution is 5.92. The number of hydrogen-bond acceptors (Lipinski definition) is 4. The van der Waals surface area contributed by atoms with Crippen molar-refractivity contribution >= 4 is 5.91 Å². The Hall–Kier alpha value is -1.40. The van der Waals surface area contributed by atoms with Gasteiger partial charge in [-0.3, -0.25) is 14.8 Å². The van der Waals surface area contributed by atoms with Crippen molar-refractivity contribution < 1.29 is 9.90 Å².